The van der Waals surface area contributed by atoms with E-state index < -0.39 is 15.7 Å². The van der Waals surface area contributed by atoms with Crippen molar-refractivity contribution in [3.8, 4) is 11.1 Å². The molecule has 0 atom stereocenters. The second kappa shape index (κ2) is 4.30. The van der Waals surface area contributed by atoms with Gasteiger partial charge in [-0.1, -0.05) is 18.2 Å². The Labute approximate surface area is 99.6 Å². The minimum absolute atomic E-state index is 0.179. The van der Waals surface area contributed by atoms with Gasteiger partial charge in [-0.25, -0.2) is 12.8 Å². The van der Waals surface area contributed by atoms with Crippen LogP contribution in [0.25, 0.3) is 11.1 Å². The molecular formula is C13H10FO2S. The zero-order valence-corrected chi connectivity index (χ0v) is 9.96. The molecular weight excluding hydrogens is 239 g/mol. The molecule has 2 aromatic rings. The number of benzene rings is 2. The van der Waals surface area contributed by atoms with Crippen LogP contribution < -0.4 is 0 Å². The second-order valence-electron chi connectivity index (χ2n) is 3.71. The van der Waals surface area contributed by atoms with Gasteiger partial charge in [-0.05, 0) is 35.9 Å². The lowest BCUT2D eigenvalue weighted by molar-refractivity contribution is 0.602. The van der Waals surface area contributed by atoms with Crippen molar-refractivity contribution in [1.82, 2.24) is 0 Å². The summed E-state index contributed by atoms with van der Waals surface area (Å²) >= 11 is 0. The van der Waals surface area contributed by atoms with Gasteiger partial charge in [0.25, 0.3) is 0 Å². The lowest BCUT2D eigenvalue weighted by Crippen LogP contribution is -1.97. The minimum atomic E-state index is -3.28. The first-order valence-electron chi connectivity index (χ1n) is 4.94. The Bertz CT molecular complexity index is 648. The van der Waals surface area contributed by atoms with Crippen LogP contribution >= 0.6 is 0 Å². The Hall–Kier alpha value is -1.68. The lowest BCUT2D eigenvalue weighted by Gasteiger charge is -2.05. The van der Waals surface area contributed by atoms with Crippen LogP contribution in [0.1, 0.15) is 0 Å². The van der Waals surface area contributed by atoms with E-state index in [0.29, 0.717) is 11.1 Å². The van der Waals surface area contributed by atoms with Crippen LogP contribution in [0, 0.1) is 11.9 Å². The third-order valence-electron chi connectivity index (χ3n) is 2.38. The molecule has 0 fully saturated rings. The first-order valence-corrected chi connectivity index (χ1v) is 6.84. The summed E-state index contributed by atoms with van der Waals surface area (Å²) in [6.07, 6.45) is 1.12. The van der Waals surface area contributed by atoms with Crippen LogP contribution in [0.15, 0.2) is 47.4 Å². The summed E-state index contributed by atoms with van der Waals surface area (Å²) in [6.45, 7) is 0. The van der Waals surface area contributed by atoms with Gasteiger partial charge in [0, 0.05) is 11.8 Å². The fourth-order valence-electron chi connectivity index (χ4n) is 1.53. The van der Waals surface area contributed by atoms with Crippen LogP contribution in [0.2, 0.25) is 0 Å². The molecule has 2 aromatic carbocycles. The molecule has 0 bridgehead atoms. The zero-order valence-electron chi connectivity index (χ0n) is 9.14. The molecule has 87 valence electrons. The van der Waals surface area contributed by atoms with Crippen molar-refractivity contribution in [2.45, 2.75) is 4.90 Å². The highest BCUT2D eigenvalue weighted by molar-refractivity contribution is 7.90. The van der Waals surface area contributed by atoms with Crippen molar-refractivity contribution in [3.05, 3.63) is 54.3 Å². The molecule has 0 aliphatic rings. The quantitative estimate of drug-likeness (QED) is 0.820. The summed E-state index contributed by atoms with van der Waals surface area (Å²) in [6, 6.07) is 13.2. The van der Waals surface area contributed by atoms with Gasteiger partial charge in [0.05, 0.1) is 4.90 Å². The maximum Gasteiger partial charge on any atom is 0.175 e. The number of hydrogen-bond acceptors (Lipinski definition) is 2. The van der Waals surface area contributed by atoms with Crippen LogP contribution in [-0.4, -0.2) is 14.7 Å². The van der Waals surface area contributed by atoms with E-state index in [1.807, 2.05) is 0 Å². The largest absolute Gasteiger partial charge is 0.224 e. The van der Waals surface area contributed by atoms with Crippen LogP contribution in [-0.2, 0) is 9.84 Å². The van der Waals surface area contributed by atoms with E-state index in [0.717, 1.165) is 6.26 Å². The number of sulfone groups is 1. The molecule has 0 amide bonds. The molecule has 1 radical (unpaired) electrons. The summed E-state index contributed by atoms with van der Waals surface area (Å²) in [5.41, 5.74) is 0.875. The van der Waals surface area contributed by atoms with E-state index in [-0.39, 0.29) is 4.90 Å². The first-order chi connectivity index (χ1) is 7.98. The van der Waals surface area contributed by atoms with E-state index >= 15 is 0 Å². The Morgan fingerprint density at radius 3 is 2.65 bits per heavy atom. The van der Waals surface area contributed by atoms with Crippen molar-refractivity contribution in [1.29, 1.82) is 0 Å². The van der Waals surface area contributed by atoms with Gasteiger partial charge in [0.15, 0.2) is 9.84 Å². The van der Waals surface area contributed by atoms with E-state index in [1.54, 1.807) is 12.1 Å². The molecule has 17 heavy (non-hydrogen) atoms. The van der Waals surface area contributed by atoms with Crippen LogP contribution in [0.3, 0.4) is 0 Å². The Morgan fingerprint density at radius 2 is 2.00 bits per heavy atom. The predicted octanol–water partition coefficient (Wildman–Crippen LogP) is 2.70. The summed E-state index contributed by atoms with van der Waals surface area (Å²) in [7, 11) is -3.28. The van der Waals surface area contributed by atoms with Crippen molar-refractivity contribution < 1.29 is 12.8 Å². The van der Waals surface area contributed by atoms with Crippen molar-refractivity contribution in [2.75, 3.05) is 6.26 Å². The van der Waals surface area contributed by atoms with Gasteiger partial charge in [0.1, 0.15) is 5.82 Å². The standard InChI is InChI=1S/C13H10FO2S/c1-17(15,16)11-6-4-5-10(9-11)12-7-2-3-8-13(12)14/h3-9H,1H3. The summed E-state index contributed by atoms with van der Waals surface area (Å²) in [4.78, 5) is 0.179. The van der Waals surface area contributed by atoms with Crippen molar-refractivity contribution >= 4 is 9.84 Å². The maximum absolute atomic E-state index is 13.5. The number of rotatable bonds is 2. The SMILES string of the molecule is CS(=O)(=O)c1cccc(-c2c[c]ccc2F)c1. The van der Waals surface area contributed by atoms with E-state index in [2.05, 4.69) is 6.07 Å². The Morgan fingerprint density at radius 1 is 1.24 bits per heavy atom. The zero-order chi connectivity index (χ0) is 12.5. The van der Waals surface area contributed by atoms with Crippen molar-refractivity contribution in [2.24, 2.45) is 0 Å². The number of hydrogen-bond donors (Lipinski definition) is 0. The van der Waals surface area contributed by atoms with E-state index in [9.17, 15) is 12.8 Å². The highest BCUT2D eigenvalue weighted by Crippen LogP contribution is 2.24. The number of halogens is 1. The molecule has 0 spiro atoms. The average Bonchev–Trinajstić information content (AvgIpc) is 2.29. The highest BCUT2D eigenvalue weighted by atomic mass is 32.2. The fraction of sp³-hybridized carbons (Fsp3) is 0.0769. The van der Waals surface area contributed by atoms with Gasteiger partial charge in [-0.2, -0.15) is 0 Å². The average molecular weight is 249 g/mol. The molecule has 2 rings (SSSR count). The normalized spacial score (nSPS) is 11.4. The topological polar surface area (TPSA) is 34.1 Å². The Kier molecular flexibility index (Phi) is 2.98. The fourth-order valence-corrected chi connectivity index (χ4v) is 2.19. The molecule has 0 aromatic heterocycles. The molecule has 4 heteroatoms. The Balaban J connectivity index is 2.59. The van der Waals surface area contributed by atoms with Gasteiger partial charge in [0.2, 0.25) is 0 Å². The summed E-state index contributed by atoms with van der Waals surface area (Å²) in [5, 5.41) is 0. The summed E-state index contributed by atoms with van der Waals surface area (Å²) < 4.78 is 36.3. The molecule has 0 unspecified atom stereocenters. The van der Waals surface area contributed by atoms with E-state index in [1.165, 1.54) is 30.3 Å². The molecule has 0 aliphatic carbocycles. The minimum Gasteiger partial charge on any atom is -0.224 e. The summed E-state index contributed by atoms with van der Waals surface area (Å²) in [5.74, 6) is -0.394. The predicted molar refractivity (Wildman–Crippen MR) is 63.8 cm³/mol. The lowest BCUT2D eigenvalue weighted by atomic mass is 10.1. The van der Waals surface area contributed by atoms with E-state index in [4.69, 9.17) is 0 Å². The van der Waals surface area contributed by atoms with Crippen molar-refractivity contribution in [3.63, 3.8) is 0 Å². The van der Waals surface area contributed by atoms with Crippen LogP contribution in [0.4, 0.5) is 4.39 Å². The smallest absolute Gasteiger partial charge is 0.175 e. The molecule has 0 saturated carbocycles. The van der Waals surface area contributed by atoms with Gasteiger partial charge in [-0.15, -0.1) is 0 Å². The van der Waals surface area contributed by atoms with Gasteiger partial charge in [-0.3, -0.25) is 0 Å². The monoisotopic (exact) mass is 249 g/mol. The third kappa shape index (κ3) is 2.53. The molecule has 0 heterocycles. The highest BCUT2D eigenvalue weighted by Gasteiger charge is 2.10. The third-order valence-corrected chi connectivity index (χ3v) is 3.49. The van der Waals surface area contributed by atoms with Gasteiger partial charge < -0.3 is 0 Å². The van der Waals surface area contributed by atoms with Crippen LogP contribution in [0.5, 0.6) is 0 Å². The van der Waals surface area contributed by atoms with Gasteiger partial charge >= 0.3 is 0 Å². The second-order valence-corrected chi connectivity index (χ2v) is 5.72. The molecule has 0 N–H and O–H groups in total. The molecule has 0 saturated heterocycles. The maximum atomic E-state index is 13.5. The first kappa shape index (κ1) is 11.8. The molecule has 0 aliphatic heterocycles. The molecule has 2 nitrogen and oxygen atoms in total.